The highest BCUT2D eigenvalue weighted by Crippen LogP contribution is 2.13. The van der Waals surface area contributed by atoms with Gasteiger partial charge >= 0.3 is 6.03 Å². The molecule has 0 atom stereocenters. The largest absolute Gasteiger partial charge is 0.467 e. The standard InChI is InChI=1S/C22H22N4O4/c27-20(12-13-23-21(28)16-5-2-1-3-6-16)25-17-8-10-18(11-9-17)26-22(29)24-15-19-7-4-14-30-19/h1-11,14H,12-13,15H2,(H,23,28)(H,25,27)(H2,24,26,29). The van der Waals surface area contributed by atoms with Crippen molar-refractivity contribution < 1.29 is 18.8 Å². The SMILES string of the molecule is O=C(CCNC(=O)c1ccccc1)Nc1ccc(NC(=O)NCc2ccco2)cc1. The van der Waals surface area contributed by atoms with Gasteiger partial charge in [0.15, 0.2) is 0 Å². The van der Waals surface area contributed by atoms with Crippen LogP contribution in [0.2, 0.25) is 0 Å². The number of hydrogen-bond acceptors (Lipinski definition) is 4. The molecule has 0 unspecified atom stereocenters. The van der Waals surface area contributed by atoms with Crippen molar-refractivity contribution in [3.63, 3.8) is 0 Å². The van der Waals surface area contributed by atoms with Crippen molar-refractivity contribution in [2.24, 2.45) is 0 Å². The molecule has 3 rings (SSSR count). The molecule has 30 heavy (non-hydrogen) atoms. The van der Waals surface area contributed by atoms with E-state index in [0.29, 0.717) is 22.7 Å². The molecule has 0 bridgehead atoms. The highest BCUT2D eigenvalue weighted by molar-refractivity contribution is 5.95. The van der Waals surface area contributed by atoms with E-state index in [1.165, 1.54) is 0 Å². The molecule has 8 nitrogen and oxygen atoms in total. The first-order valence-corrected chi connectivity index (χ1v) is 9.40. The highest BCUT2D eigenvalue weighted by Gasteiger charge is 2.07. The van der Waals surface area contributed by atoms with E-state index in [9.17, 15) is 14.4 Å². The third-order valence-corrected chi connectivity index (χ3v) is 4.10. The fraction of sp³-hybridized carbons (Fsp3) is 0.136. The summed E-state index contributed by atoms with van der Waals surface area (Å²) in [5.41, 5.74) is 1.73. The molecule has 0 saturated heterocycles. The summed E-state index contributed by atoms with van der Waals surface area (Å²) in [4.78, 5) is 35.9. The van der Waals surface area contributed by atoms with Gasteiger partial charge in [0.25, 0.3) is 5.91 Å². The average molecular weight is 406 g/mol. The molecule has 3 aromatic rings. The van der Waals surface area contributed by atoms with Gasteiger partial charge < -0.3 is 25.7 Å². The molecule has 0 saturated carbocycles. The van der Waals surface area contributed by atoms with Gasteiger partial charge in [0.1, 0.15) is 5.76 Å². The van der Waals surface area contributed by atoms with Crippen molar-refractivity contribution in [1.82, 2.24) is 10.6 Å². The summed E-state index contributed by atoms with van der Waals surface area (Å²) in [6, 6.07) is 18.7. The van der Waals surface area contributed by atoms with Crippen LogP contribution < -0.4 is 21.3 Å². The van der Waals surface area contributed by atoms with Gasteiger partial charge in [0.05, 0.1) is 12.8 Å². The Morgan fingerprint density at radius 3 is 2.13 bits per heavy atom. The van der Waals surface area contributed by atoms with E-state index in [2.05, 4.69) is 21.3 Å². The van der Waals surface area contributed by atoms with E-state index in [4.69, 9.17) is 4.42 Å². The van der Waals surface area contributed by atoms with E-state index < -0.39 is 0 Å². The Bertz CT molecular complexity index is 970. The van der Waals surface area contributed by atoms with Crippen LogP contribution >= 0.6 is 0 Å². The molecule has 1 heterocycles. The Labute approximate surface area is 173 Å². The molecule has 154 valence electrons. The number of furan rings is 1. The number of benzene rings is 2. The number of nitrogens with one attached hydrogen (secondary N) is 4. The molecule has 0 aliphatic rings. The van der Waals surface area contributed by atoms with Gasteiger partial charge in [-0.2, -0.15) is 0 Å². The number of carbonyl (C=O) groups is 3. The lowest BCUT2D eigenvalue weighted by Gasteiger charge is -2.09. The number of amides is 4. The number of anilines is 2. The smallest absolute Gasteiger partial charge is 0.319 e. The van der Waals surface area contributed by atoms with Crippen LogP contribution in [0.1, 0.15) is 22.5 Å². The fourth-order valence-electron chi connectivity index (χ4n) is 2.60. The molecule has 0 radical (unpaired) electrons. The number of carbonyl (C=O) groups excluding carboxylic acids is 3. The van der Waals surface area contributed by atoms with Crippen LogP contribution in [0, 0.1) is 0 Å². The predicted octanol–water partition coefficient (Wildman–Crippen LogP) is 3.36. The Hall–Kier alpha value is -4.07. The van der Waals surface area contributed by atoms with Gasteiger partial charge in [-0.25, -0.2) is 4.79 Å². The molecule has 1 aromatic heterocycles. The molecule has 8 heteroatoms. The number of hydrogen-bond donors (Lipinski definition) is 4. The Morgan fingerprint density at radius 1 is 0.767 bits per heavy atom. The second-order valence-electron chi connectivity index (χ2n) is 6.38. The van der Waals surface area contributed by atoms with Gasteiger partial charge in [-0.1, -0.05) is 18.2 Å². The summed E-state index contributed by atoms with van der Waals surface area (Å²) in [6.07, 6.45) is 1.69. The van der Waals surface area contributed by atoms with Gasteiger partial charge in [-0.15, -0.1) is 0 Å². The Kier molecular flexibility index (Phi) is 7.21. The quantitative estimate of drug-likeness (QED) is 0.459. The first-order valence-electron chi connectivity index (χ1n) is 9.40. The Morgan fingerprint density at radius 2 is 1.47 bits per heavy atom. The van der Waals surface area contributed by atoms with Crippen LogP contribution in [-0.4, -0.2) is 24.4 Å². The molecule has 4 N–H and O–H groups in total. The molecule has 0 aliphatic heterocycles. The van der Waals surface area contributed by atoms with Crippen molar-refractivity contribution in [3.8, 4) is 0 Å². The predicted molar refractivity (Wildman–Crippen MR) is 113 cm³/mol. The minimum Gasteiger partial charge on any atom is -0.467 e. The zero-order valence-corrected chi connectivity index (χ0v) is 16.2. The van der Waals surface area contributed by atoms with E-state index in [1.54, 1.807) is 66.9 Å². The minimum absolute atomic E-state index is 0.147. The number of urea groups is 1. The summed E-state index contributed by atoms with van der Waals surface area (Å²) in [7, 11) is 0. The maximum absolute atomic E-state index is 12.0. The maximum atomic E-state index is 12.0. The van der Waals surface area contributed by atoms with Crippen LogP contribution in [0.4, 0.5) is 16.2 Å². The summed E-state index contributed by atoms with van der Waals surface area (Å²) in [5.74, 6) is 0.215. The first kappa shape index (κ1) is 20.7. The molecule has 4 amide bonds. The molecule has 0 aliphatic carbocycles. The first-order chi connectivity index (χ1) is 14.6. The topological polar surface area (TPSA) is 112 Å². The molecular formula is C22H22N4O4. The third-order valence-electron chi connectivity index (χ3n) is 4.10. The lowest BCUT2D eigenvalue weighted by atomic mass is 10.2. The van der Waals surface area contributed by atoms with Crippen molar-refractivity contribution in [2.45, 2.75) is 13.0 Å². The summed E-state index contributed by atoms with van der Waals surface area (Å²) < 4.78 is 5.14. The zero-order chi connectivity index (χ0) is 21.2. The zero-order valence-electron chi connectivity index (χ0n) is 16.2. The van der Waals surface area contributed by atoms with Crippen LogP contribution in [0.5, 0.6) is 0 Å². The fourth-order valence-corrected chi connectivity index (χ4v) is 2.60. The average Bonchev–Trinajstić information content (AvgIpc) is 3.28. The molecule has 0 spiro atoms. The van der Waals surface area contributed by atoms with Crippen LogP contribution in [-0.2, 0) is 11.3 Å². The Balaban J connectivity index is 1.37. The van der Waals surface area contributed by atoms with Crippen molar-refractivity contribution in [3.05, 3.63) is 84.3 Å². The molecular weight excluding hydrogens is 384 g/mol. The van der Waals surface area contributed by atoms with E-state index >= 15 is 0 Å². The highest BCUT2D eigenvalue weighted by atomic mass is 16.3. The van der Waals surface area contributed by atoms with E-state index in [0.717, 1.165) is 0 Å². The lowest BCUT2D eigenvalue weighted by Crippen LogP contribution is -2.28. The van der Waals surface area contributed by atoms with Crippen molar-refractivity contribution in [1.29, 1.82) is 0 Å². The minimum atomic E-state index is -0.364. The summed E-state index contributed by atoms with van der Waals surface area (Å²) in [5, 5.41) is 10.8. The molecule has 2 aromatic carbocycles. The van der Waals surface area contributed by atoms with Gasteiger partial charge in [-0.05, 0) is 48.5 Å². The van der Waals surface area contributed by atoms with Gasteiger partial charge in [0, 0.05) is 29.9 Å². The van der Waals surface area contributed by atoms with Crippen LogP contribution in [0.3, 0.4) is 0 Å². The normalized spacial score (nSPS) is 10.1. The van der Waals surface area contributed by atoms with Crippen LogP contribution in [0.15, 0.2) is 77.4 Å². The van der Waals surface area contributed by atoms with Crippen molar-refractivity contribution in [2.75, 3.05) is 17.2 Å². The summed E-state index contributed by atoms with van der Waals surface area (Å²) >= 11 is 0. The second-order valence-corrected chi connectivity index (χ2v) is 6.38. The van der Waals surface area contributed by atoms with Gasteiger partial charge in [0.2, 0.25) is 5.91 Å². The van der Waals surface area contributed by atoms with Crippen LogP contribution in [0.25, 0.3) is 0 Å². The lowest BCUT2D eigenvalue weighted by molar-refractivity contribution is -0.116. The molecule has 0 fully saturated rings. The monoisotopic (exact) mass is 406 g/mol. The maximum Gasteiger partial charge on any atom is 0.319 e. The van der Waals surface area contributed by atoms with Gasteiger partial charge in [-0.3, -0.25) is 9.59 Å². The third kappa shape index (κ3) is 6.52. The number of rotatable bonds is 8. The second kappa shape index (κ2) is 10.5. The summed E-state index contributed by atoms with van der Waals surface area (Å²) in [6.45, 7) is 0.517. The van der Waals surface area contributed by atoms with E-state index in [1.807, 2.05) is 6.07 Å². The van der Waals surface area contributed by atoms with E-state index in [-0.39, 0.29) is 37.4 Å². The van der Waals surface area contributed by atoms with Crippen molar-refractivity contribution >= 4 is 29.2 Å².